The molecule has 0 spiro atoms. The van der Waals surface area contributed by atoms with Crippen LogP contribution in [0.3, 0.4) is 0 Å². The number of amides is 2. The van der Waals surface area contributed by atoms with Gasteiger partial charge in [0, 0.05) is 43.4 Å². The van der Waals surface area contributed by atoms with E-state index in [0.717, 1.165) is 38.5 Å². The molecule has 2 heterocycles. The van der Waals surface area contributed by atoms with Gasteiger partial charge in [0.25, 0.3) is 0 Å². The van der Waals surface area contributed by atoms with Crippen LogP contribution in [0.4, 0.5) is 5.69 Å². The molecule has 130 valence electrons. The molecule has 24 heavy (non-hydrogen) atoms. The summed E-state index contributed by atoms with van der Waals surface area (Å²) >= 11 is 5.88. The minimum absolute atomic E-state index is 0.138. The van der Waals surface area contributed by atoms with Gasteiger partial charge in [-0.05, 0) is 30.7 Å². The zero-order chi connectivity index (χ0) is 16.9. The number of benzene rings is 1. The van der Waals surface area contributed by atoms with E-state index in [1.54, 1.807) is 29.2 Å². The maximum Gasteiger partial charge on any atom is 0.239 e. The second kappa shape index (κ2) is 7.96. The summed E-state index contributed by atoms with van der Waals surface area (Å²) in [6.45, 7) is 5.17. The van der Waals surface area contributed by atoms with Crippen molar-refractivity contribution < 1.29 is 14.3 Å². The van der Waals surface area contributed by atoms with Crippen LogP contribution in [0, 0.1) is 5.92 Å². The number of morpholine rings is 1. The highest BCUT2D eigenvalue weighted by molar-refractivity contribution is 6.30. The number of hydrogen-bond acceptors (Lipinski definition) is 4. The molecule has 1 N–H and O–H groups in total. The molecule has 1 unspecified atom stereocenters. The highest BCUT2D eigenvalue weighted by Crippen LogP contribution is 2.26. The van der Waals surface area contributed by atoms with E-state index < -0.39 is 5.92 Å². The summed E-state index contributed by atoms with van der Waals surface area (Å²) in [4.78, 5) is 28.7. The van der Waals surface area contributed by atoms with E-state index in [2.05, 4.69) is 10.2 Å². The molecule has 2 amide bonds. The van der Waals surface area contributed by atoms with Crippen molar-refractivity contribution in [1.82, 2.24) is 10.2 Å². The third-order valence-corrected chi connectivity index (χ3v) is 4.74. The second-order valence-corrected chi connectivity index (χ2v) is 6.49. The van der Waals surface area contributed by atoms with Crippen molar-refractivity contribution in [3.05, 3.63) is 29.3 Å². The highest BCUT2D eigenvalue weighted by Gasteiger charge is 2.37. The largest absolute Gasteiger partial charge is 0.379 e. The van der Waals surface area contributed by atoms with Gasteiger partial charge in [-0.25, -0.2) is 0 Å². The molecule has 1 aromatic carbocycles. The molecule has 2 aliphatic rings. The Morgan fingerprint density at radius 3 is 2.62 bits per heavy atom. The van der Waals surface area contributed by atoms with Gasteiger partial charge in [-0.1, -0.05) is 11.6 Å². The number of ether oxygens (including phenoxy) is 1. The molecule has 3 rings (SSSR count). The minimum atomic E-state index is -0.592. The monoisotopic (exact) mass is 351 g/mol. The summed E-state index contributed by atoms with van der Waals surface area (Å²) in [6, 6.07) is 7.11. The lowest BCUT2D eigenvalue weighted by molar-refractivity contribution is -0.132. The number of halogens is 1. The van der Waals surface area contributed by atoms with Gasteiger partial charge in [0.2, 0.25) is 11.8 Å². The summed E-state index contributed by atoms with van der Waals surface area (Å²) in [6.07, 6.45) is 0.546. The molecular formula is C17H22ClN3O3. The highest BCUT2D eigenvalue weighted by atomic mass is 35.5. The van der Waals surface area contributed by atoms with Gasteiger partial charge in [0.1, 0.15) is 5.92 Å². The van der Waals surface area contributed by atoms with E-state index in [1.165, 1.54) is 0 Å². The van der Waals surface area contributed by atoms with Crippen LogP contribution < -0.4 is 10.2 Å². The molecule has 7 heteroatoms. The number of nitrogens with one attached hydrogen (secondary N) is 1. The fourth-order valence-corrected chi connectivity index (χ4v) is 3.21. The van der Waals surface area contributed by atoms with Gasteiger partial charge in [-0.15, -0.1) is 0 Å². The summed E-state index contributed by atoms with van der Waals surface area (Å²) < 4.78 is 5.30. The molecule has 0 saturated carbocycles. The third kappa shape index (κ3) is 4.06. The van der Waals surface area contributed by atoms with Crippen molar-refractivity contribution >= 4 is 29.1 Å². The molecule has 1 aromatic rings. The predicted molar refractivity (Wildman–Crippen MR) is 92.2 cm³/mol. The molecule has 0 radical (unpaired) electrons. The number of carbonyl (C=O) groups is 2. The Morgan fingerprint density at radius 2 is 1.92 bits per heavy atom. The van der Waals surface area contributed by atoms with Crippen LogP contribution in [0.2, 0.25) is 5.02 Å². The maximum absolute atomic E-state index is 12.5. The average molecular weight is 352 g/mol. The number of anilines is 1. The summed E-state index contributed by atoms with van der Waals surface area (Å²) in [5, 5.41) is 3.52. The van der Waals surface area contributed by atoms with Gasteiger partial charge in [0.05, 0.1) is 13.2 Å². The zero-order valence-corrected chi connectivity index (χ0v) is 14.3. The molecule has 2 aliphatic heterocycles. The average Bonchev–Trinajstić information content (AvgIpc) is 2.98. The lowest BCUT2D eigenvalue weighted by Gasteiger charge is -2.26. The summed E-state index contributed by atoms with van der Waals surface area (Å²) in [5.74, 6) is -0.906. The van der Waals surface area contributed by atoms with Crippen molar-refractivity contribution in [2.45, 2.75) is 6.42 Å². The Balaban J connectivity index is 1.49. The van der Waals surface area contributed by atoms with E-state index in [4.69, 9.17) is 16.3 Å². The van der Waals surface area contributed by atoms with E-state index in [0.29, 0.717) is 24.5 Å². The third-order valence-electron chi connectivity index (χ3n) is 4.49. The Morgan fingerprint density at radius 1 is 1.21 bits per heavy atom. The number of nitrogens with zero attached hydrogens (tertiary/aromatic N) is 2. The van der Waals surface area contributed by atoms with Gasteiger partial charge in [-0.2, -0.15) is 0 Å². The lowest BCUT2D eigenvalue weighted by atomic mass is 10.1. The van der Waals surface area contributed by atoms with Gasteiger partial charge in [0.15, 0.2) is 0 Å². The SMILES string of the molecule is O=C(NCCN1CCOCC1)C1CCN(c2ccc(Cl)cc2)C1=O. The Labute approximate surface area is 146 Å². The first kappa shape index (κ1) is 17.2. The van der Waals surface area contributed by atoms with Crippen molar-refractivity contribution in [3.63, 3.8) is 0 Å². The van der Waals surface area contributed by atoms with Crippen molar-refractivity contribution in [3.8, 4) is 0 Å². The predicted octanol–water partition coefficient (Wildman–Crippen LogP) is 1.14. The van der Waals surface area contributed by atoms with Crippen LogP contribution in [0.25, 0.3) is 0 Å². The summed E-state index contributed by atoms with van der Waals surface area (Å²) in [7, 11) is 0. The zero-order valence-electron chi connectivity index (χ0n) is 13.5. The Hall–Kier alpha value is -1.63. The molecule has 0 aromatic heterocycles. The van der Waals surface area contributed by atoms with E-state index in [9.17, 15) is 9.59 Å². The van der Waals surface area contributed by atoms with E-state index in [1.807, 2.05) is 0 Å². The lowest BCUT2D eigenvalue weighted by Crippen LogP contribution is -2.43. The normalized spacial score (nSPS) is 22.0. The van der Waals surface area contributed by atoms with Crippen LogP contribution in [0.5, 0.6) is 0 Å². The molecule has 0 bridgehead atoms. The molecule has 2 fully saturated rings. The molecular weight excluding hydrogens is 330 g/mol. The van der Waals surface area contributed by atoms with Crippen LogP contribution in [-0.4, -0.2) is 62.7 Å². The standard InChI is InChI=1S/C17H22ClN3O3/c18-13-1-3-14(4-2-13)21-7-5-15(17(21)23)16(22)19-6-8-20-9-11-24-12-10-20/h1-4,15H,5-12H2,(H,19,22). The fourth-order valence-electron chi connectivity index (χ4n) is 3.09. The number of rotatable bonds is 5. The molecule has 6 nitrogen and oxygen atoms in total. The Bertz CT molecular complexity index is 587. The van der Waals surface area contributed by atoms with Crippen molar-refractivity contribution in [2.24, 2.45) is 5.92 Å². The molecule has 1 atom stereocenters. The van der Waals surface area contributed by atoms with Crippen molar-refractivity contribution in [2.75, 3.05) is 50.8 Å². The van der Waals surface area contributed by atoms with Gasteiger partial charge in [-0.3, -0.25) is 14.5 Å². The second-order valence-electron chi connectivity index (χ2n) is 6.05. The van der Waals surface area contributed by atoms with Gasteiger partial charge >= 0.3 is 0 Å². The first-order chi connectivity index (χ1) is 11.6. The maximum atomic E-state index is 12.5. The first-order valence-corrected chi connectivity index (χ1v) is 8.68. The first-order valence-electron chi connectivity index (χ1n) is 8.30. The Kier molecular flexibility index (Phi) is 5.71. The molecule has 0 aliphatic carbocycles. The number of hydrogen-bond donors (Lipinski definition) is 1. The fraction of sp³-hybridized carbons (Fsp3) is 0.529. The smallest absolute Gasteiger partial charge is 0.239 e. The number of carbonyl (C=O) groups excluding carboxylic acids is 2. The topological polar surface area (TPSA) is 61.9 Å². The van der Waals surface area contributed by atoms with E-state index in [-0.39, 0.29) is 11.8 Å². The summed E-state index contributed by atoms with van der Waals surface area (Å²) in [5.41, 5.74) is 0.785. The minimum Gasteiger partial charge on any atom is -0.379 e. The molecule has 2 saturated heterocycles. The van der Waals surface area contributed by atoms with Crippen LogP contribution >= 0.6 is 11.6 Å². The van der Waals surface area contributed by atoms with Gasteiger partial charge < -0.3 is 15.0 Å². The van der Waals surface area contributed by atoms with Crippen LogP contribution in [0.15, 0.2) is 24.3 Å². The van der Waals surface area contributed by atoms with Crippen molar-refractivity contribution in [1.29, 1.82) is 0 Å². The quantitative estimate of drug-likeness (QED) is 0.808. The van der Waals surface area contributed by atoms with Crippen LogP contribution in [-0.2, 0) is 14.3 Å². The van der Waals surface area contributed by atoms with E-state index >= 15 is 0 Å². The van der Waals surface area contributed by atoms with Crippen LogP contribution in [0.1, 0.15) is 6.42 Å².